The van der Waals surface area contributed by atoms with Crippen molar-refractivity contribution in [1.29, 1.82) is 0 Å². The largest absolute Gasteiger partial charge is 0.0825 e. The standard InChI is InChI=1S/C14H24/c1-10(2)8-13-6-7-14(12(13)5)9-11(3)4/h8-10,12,14H,6-7H2,1-5H3/b13-8-. The lowest BCUT2D eigenvalue weighted by Gasteiger charge is -2.13. The van der Waals surface area contributed by atoms with Gasteiger partial charge in [-0.2, -0.15) is 0 Å². The van der Waals surface area contributed by atoms with Gasteiger partial charge >= 0.3 is 0 Å². The topological polar surface area (TPSA) is 0 Å². The fraction of sp³-hybridized carbons (Fsp3) is 0.714. The van der Waals surface area contributed by atoms with Crippen molar-refractivity contribution < 1.29 is 0 Å². The van der Waals surface area contributed by atoms with Crippen LogP contribution in [0.25, 0.3) is 0 Å². The lowest BCUT2D eigenvalue weighted by molar-refractivity contribution is 0.543. The highest BCUT2D eigenvalue weighted by Crippen LogP contribution is 2.38. The summed E-state index contributed by atoms with van der Waals surface area (Å²) in [5, 5.41) is 0. The van der Waals surface area contributed by atoms with Crippen LogP contribution in [0.1, 0.15) is 47.5 Å². The molecule has 0 N–H and O–H groups in total. The highest BCUT2D eigenvalue weighted by Gasteiger charge is 2.25. The van der Waals surface area contributed by atoms with E-state index in [4.69, 9.17) is 0 Å². The molecule has 0 amide bonds. The molecule has 1 fully saturated rings. The molecule has 0 aliphatic heterocycles. The van der Waals surface area contributed by atoms with Crippen molar-refractivity contribution in [3.63, 3.8) is 0 Å². The second kappa shape index (κ2) is 4.82. The van der Waals surface area contributed by atoms with Gasteiger partial charge in [0.15, 0.2) is 0 Å². The number of hydrogen-bond donors (Lipinski definition) is 0. The molecule has 0 spiro atoms. The Morgan fingerprint density at radius 2 is 2.00 bits per heavy atom. The summed E-state index contributed by atoms with van der Waals surface area (Å²) in [6, 6.07) is 0. The van der Waals surface area contributed by atoms with Crippen molar-refractivity contribution >= 4 is 0 Å². The Hall–Kier alpha value is -0.520. The fourth-order valence-corrected chi connectivity index (χ4v) is 2.41. The summed E-state index contributed by atoms with van der Waals surface area (Å²) in [6.07, 6.45) is 7.58. The minimum Gasteiger partial charge on any atom is -0.0825 e. The van der Waals surface area contributed by atoms with E-state index >= 15 is 0 Å². The minimum absolute atomic E-state index is 0.706. The van der Waals surface area contributed by atoms with Gasteiger partial charge in [0.1, 0.15) is 0 Å². The third kappa shape index (κ3) is 3.01. The Morgan fingerprint density at radius 3 is 2.50 bits per heavy atom. The van der Waals surface area contributed by atoms with E-state index in [1.807, 2.05) is 0 Å². The lowest BCUT2D eigenvalue weighted by Crippen LogP contribution is -2.02. The van der Waals surface area contributed by atoms with E-state index in [9.17, 15) is 0 Å². The number of hydrogen-bond acceptors (Lipinski definition) is 0. The van der Waals surface area contributed by atoms with Gasteiger partial charge in [-0.3, -0.25) is 0 Å². The lowest BCUT2D eigenvalue weighted by atomic mass is 9.92. The van der Waals surface area contributed by atoms with Crippen LogP contribution in [0.3, 0.4) is 0 Å². The van der Waals surface area contributed by atoms with E-state index in [-0.39, 0.29) is 0 Å². The highest BCUT2D eigenvalue weighted by atomic mass is 14.3. The Morgan fingerprint density at radius 1 is 1.36 bits per heavy atom. The molecule has 0 radical (unpaired) electrons. The van der Waals surface area contributed by atoms with Crippen molar-refractivity contribution in [1.82, 2.24) is 0 Å². The molecule has 1 saturated carbocycles. The summed E-state index contributed by atoms with van der Waals surface area (Å²) in [5.41, 5.74) is 3.15. The average Bonchev–Trinajstić information content (AvgIpc) is 2.34. The van der Waals surface area contributed by atoms with Gasteiger partial charge in [0.25, 0.3) is 0 Å². The van der Waals surface area contributed by atoms with E-state index in [1.54, 1.807) is 5.57 Å². The molecule has 0 bridgehead atoms. The van der Waals surface area contributed by atoms with Crippen molar-refractivity contribution in [2.75, 3.05) is 0 Å². The molecule has 80 valence electrons. The second-order valence-corrected chi connectivity index (χ2v) is 5.22. The third-order valence-electron chi connectivity index (χ3n) is 3.09. The first-order valence-electron chi connectivity index (χ1n) is 5.86. The minimum atomic E-state index is 0.706. The van der Waals surface area contributed by atoms with Crippen LogP contribution in [0, 0.1) is 17.8 Å². The van der Waals surface area contributed by atoms with Gasteiger partial charge in [0.05, 0.1) is 0 Å². The van der Waals surface area contributed by atoms with Crippen LogP contribution < -0.4 is 0 Å². The number of allylic oxidation sites excluding steroid dienone is 4. The second-order valence-electron chi connectivity index (χ2n) is 5.22. The van der Waals surface area contributed by atoms with Crippen molar-refractivity contribution in [2.24, 2.45) is 17.8 Å². The maximum atomic E-state index is 2.46. The summed E-state index contributed by atoms with van der Waals surface area (Å²) in [5.74, 6) is 2.27. The zero-order valence-electron chi connectivity index (χ0n) is 10.3. The van der Waals surface area contributed by atoms with E-state index in [1.165, 1.54) is 18.4 Å². The first-order valence-corrected chi connectivity index (χ1v) is 5.86. The molecule has 0 saturated heterocycles. The smallest absolute Gasteiger partial charge is 0.0165 e. The van der Waals surface area contributed by atoms with Crippen LogP contribution in [0.2, 0.25) is 0 Å². The van der Waals surface area contributed by atoms with E-state index < -0.39 is 0 Å². The van der Waals surface area contributed by atoms with Crippen LogP contribution in [0.4, 0.5) is 0 Å². The van der Waals surface area contributed by atoms with Crippen LogP contribution in [0.5, 0.6) is 0 Å². The quantitative estimate of drug-likeness (QED) is 0.562. The molecule has 0 heterocycles. The predicted octanol–water partition coefficient (Wildman–Crippen LogP) is 4.58. The van der Waals surface area contributed by atoms with Gasteiger partial charge < -0.3 is 0 Å². The maximum Gasteiger partial charge on any atom is -0.0165 e. The molecule has 0 nitrogen and oxygen atoms in total. The monoisotopic (exact) mass is 192 g/mol. The van der Waals surface area contributed by atoms with Gasteiger partial charge in [0.2, 0.25) is 0 Å². The Labute approximate surface area is 89.1 Å². The number of rotatable bonds is 2. The Kier molecular flexibility index (Phi) is 3.97. The molecule has 1 rings (SSSR count). The van der Waals surface area contributed by atoms with Gasteiger partial charge in [-0.25, -0.2) is 0 Å². The molecule has 1 aliphatic carbocycles. The molecule has 0 heteroatoms. The fourth-order valence-electron chi connectivity index (χ4n) is 2.41. The van der Waals surface area contributed by atoms with Crippen LogP contribution in [-0.4, -0.2) is 0 Å². The average molecular weight is 192 g/mol. The van der Waals surface area contributed by atoms with E-state index in [2.05, 4.69) is 46.8 Å². The van der Waals surface area contributed by atoms with Crippen LogP contribution >= 0.6 is 0 Å². The predicted molar refractivity (Wildman–Crippen MR) is 64.2 cm³/mol. The summed E-state index contributed by atoms with van der Waals surface area (Å²) < 4.78 is 0. The molecule has 0 aromatic carbocycles. The van der Waals surface area contributed by atoms with E-state index in [0.717, 1.165) is 11.8 Å². The molecule has 14 heavy (non-hydrogen) atoms. The van der Waals surface area contributed by atoms with Crippen molar-refractivity contribution in [3.05, 3.63) is 23.3 Å². The molecule has 1 aliphatic rings. The summed E-state index contributed by atoms with van der Waals surface area (Å²) in [4.78, 5) is 0. The zero-order valence-corrected chi connectivity index (χ0v) is 10.3. The Balaban J connectivity index is 2.69. The molecule has 0 aromatic rings. The third-order valence-corrected chi connectivity index (χ3v) is 3.09. The molecule has 2 atom stereocenters. The van der Waals surface area contributed by atoms with Crippen molar-refractivity contribution in [2.45, 2.75) is 47.5 Å². The highest BCUT2D eigenvalue weighted by molar-refractivity contribution is 5.17. The van der Waals surface area contributed by atoms with Gasteiger partial charge in [-0.15, -0.1) is 0 Å². The summed E-state index contributed by atoms with van der Waals surface area (Å²) in [6.45, 7) is 11.3. The first-order chi connectivity index (χ1) is 6.50. The molecule has 0 aromatic heterocycles. The normalized spacial score (nSPS) is 30.0. The SMILES string of the molecule is CC(C)=CC1CC/C(=C/C(C)C)C1C. The first kappa shape index (κ1) is 11.6. The molecular weight excluding hydrogens is 168 g/mol. The Bertz CT molecular complexity index is 239. The molecular formula is C14H24. The van der Waals surface area contributed by atoms with Crippen molar-refractivity contribution in [3.8, 4) is 0 Å². The van der Waals surface area contributed by atoms with Gasteiger partial charge in [0, 0.05) is 0 Å². The summed E-state index contributed by atoms with van der Waals surface area (Å²) >= 11 is 0. The molecule has 2 unspecified atom stereocenters. The maximum absolute atomic E-state index is 2.46. The van der Waals surface area contributed by atoms with Gasteiger partial charge in [-0.1, -0.05) is 44.1 Å². The van der Waals surface area contributed by atoms with E-state index in [0.29, 0.717) is 5.92 Å². The van der Waals surface area contributed by atoms with Gasteiger partial charge in [-0.05, 0) is 44.4 Å². The van der Waals surface area contributed by atoms with Crippen LogP contribution in [0.15, 0.2) is 23.3 Å². The zero-order chi connectivity index (χ0) is 10.7. The van der Waals surface area contributed by atoms with Crippen LogP contribution in [-0.2, 0) is 0 Å². The summed E-state index contributed by atoms with van der Waals surface area (Å²) in [7, 11) is 0.